The van der Waals surface area contributed by atoms with Crippen LogP contribution in [0.15, 0.2) is 11.6 Å². The highest BCUT2D eigenvalue weighted by atomic mass is 16.4. The molecular formula is C15H18O4. The zero-order chi connectivity index (χ0) is 14.2. The van der Waals surface area contributed by atoms with Crippen molar-refractivity contribution in [2.75, 3.05) is 0 Å². The molecule has 0 amide bonds. The molecule has 4 atom stereocenters. The van der Waals surface area contributed by atoms with Crippen LogP contribution in [0.2, 0.25) is 0 Å². The fraction of sp³-hybridized carbons (Fsp3) is 0.667. The van der Waals surface area contributed by atoms with Crippen LogP contribution in [0.4, 0.5) is 0 Å². The summed E-state index contributed by atoms with van der Waals surface area (Å²) in [6, 6.07) is 0. The number of rotatable bonds is 1. The average Bonchev–Trinajstić information content (AvgIpc) is 2.48. The molecule has 0 aromatic rings. The second-order valence-corrected chi connectivity index (χ2v) is 6.89. The SMILES string of the molecule is CC1=C[C@]23C(=O)[C@@H](C(=O)O)[C@H]1C[C@@H]2CC(C)(C)C3=O. The van der Waals surface area contributed by atoms with Gasteiger partial charge in [0.15, 0.2) is 11.6 Å². The van der Waals surface area contributed by atoms with Crippen molar-refractivity contribution in [3.05, 3.63) is 11.6 Å². The maximum atomic E-state index is 12.7. The molecule has 4 aliphatic carbocycles. The Hall–Kier alpha value is -1.45. The van der Waals surface area contributed by atoms with Crippen LogP contribution in [-0.2, 0) is 14.4 Å². The second kappa shape index (κ2) is 3.35. The molecule has 1 spiro atoms. The van der Waals surface area contributed by atoms with Crippen LogP contribution in [0.25, 0.3) is 0 Å². The van der Waals surface area contributed by atoms with E-state index in [0.29, 0.717) is 12.8 Å². The van der Waals surface area contributed by atoms with Gasteiger partial charge in [0.05, 0.1) is 0 Å². The van der Waals surface area contributed by atoms with Crippen molar-refractivity contribution in [3.63, 3.8) is 0 Å². The predicted octanol–water partition coefficient (Wildman–Crippen LogP) is 1.84. The molecule has 19 heavy (non-hydrogen) atoms. The number of Topliss-reactive ketones (excluding diaryl/α,β-unsaturated/α-hetero) is 2. The number of aliphatic carboxylic acids is 1. The van der Waals surface area contributed by atoms with Gasteiger partial charge in [0.2, 0.25) is 0 Å². The summed E-state index contributed by atoms with van der Waals surface area (Å²) in [5.74, 6) is -2.80. The second-order valence-electron chi connectivity index (χ2n) is 6.89. The van der Waals surface area contributed by atoms with E-state index in [0.717, 1.165) is 5.57 Å². The zero-order valence-corrected chi connectivity index (χ0v) is 11.4. The van der Waals surface area contributed by atoms with E-state index < -0.39 is 22.7 Å². The normalized spacial score (nSPS) is 43.1. The minimum absolute atomic E-state index is 0.00759. The molecule has 4 heteroatoms. The number of carboxylic acids is 1. The molecule has 0 aromatic heterocycles. The van der Waals surface area contributed by atoms with Crippen LogP contribution in [0.1, 0.15) is 33.6 Å². The van der Waals surface area contributed by atoms with E-state index in [4.69, 9.17) is 0 Å². The Balaban J connectivity index is 2.21. The van der Waals surface area contributed by atoms with Crippen molar-refractivity contribution < 1.29 is 19.5 Å². The molecule has 4 nitrogen and oxygen atoms in total. The van der Waals surface area contributed by atoms with E-state index >= 15 is 0 Å². The van der Waals surface area contributed by atoms with Crippen LogP contribution in [-0.4, -0.2) is 22.6 Å². The lowest BCUT2D eigenvalue weighted by Gasteiger charge is -2.47. The lowest BCUT2D eigenvalue weighted by atomic mass is 9.53. The van der Waals surface area contributed by atoms with Crippen molar-refractivity contribution in [2.45, 2.75) is 33.6 Å². The molecule has 0 unspecified atom stereocenters. The first kappa shape index (κ1) is 12.6. The summed E-state index contributed by atoms with van der Waals surface area (Å²) < 4.78 is 0. The summed E-state index contributed by atoms with van der Waals surface area (Å²) >= 11 is 0. The van der Waals surface area contributed by atoms with Gasteiger partial charge in [-0.3, -0.25) is 14.4 Å². The number of allylic oxidation sites excluding steroid dienone is 2. The highest BCUT2D eigenvalue weighted by Crippen LogP contribution is 2.62. The summed E-state index contributed by atoms with van der Waals surface area (Å²) in [5.41, 5.74) is -0.778. The maximum Gasteiger partial charge on any atom is 0.314 e. The maximum absolute atomic E-state index is 12.7. The van der Waals surface area contributed by atoms with E-state index in [1.54, 1.807) is 6.08 Å². The summed E-state index contributed by atoms with van der Waals surface area (Å²) in [4.78, 5) is 36.7. The molecule has 2 bridgehead atoms. The Morgan fingerprint density at radius 2 is 2.00 bits per heavy atom. The van der Waals surface area contributed by atoms with E-state index in [1.165, 1.54) is 0 Å². The molecule has 0 heterocycles. The first-order chi connectivity index (χ1) is 8.71. The van der Waals surface area contributed by atoms with Crippen LogP contribution < -0.4 is 0 Å². The lowest BCUT2D eigenvalue weighted by Crippen LogP contribution is -2.56. The molecule has 4 aliphatic rings. The smallest absolute Gasteiger partial charge is 0.314 e. The van der Waals surface area contributed by atoms with Gasteiger partial charge < -0.3 is 5.11 Å². The summed E-state index contributed by atoms with van der Waals surface area (Å²) in [7, 11) is 0. The van der Waals surface area contributed by atoms with Crippen LogP contribution >= 0.6 is 0 Å². The number of fused-ring (bicyclic) bond motifs is 1. The standard InChI is InChI=1S/C15H18O4/c1-7-5-15-8(6-14(2,3)13(15)19)4-9(7)10(11(15)16)12(17)18/h5,8-10H,4,6H2,1-3H3,(H,17,18)/t8-,9+,10+,15-/m1/s1. The Labute approximate surface area is 111 Å². The summed E-state index contributed by atoms with van der Waals surface area (Å²) in [6.45, 7) is 5.58. The van der Waals surface area contributed by atoms with Gasteiger partial charge in [0.25, 0.3) is 0 Å². The Morgan fingerprint density at radius 1 is 1.37 bits per heavy atom. The largest absolute Gasteiger partial charge is 0.481 e. The minimum atomic E-state index is -1.15. The van der Waals surface area contributed by atoms with Crippen molar-refractivity contribution in [3.8, 4) is 0 Å². The number of hydrogen-bond donors (Lipinski definition) is 1. The first-order valence-corrected chi connectivity index (χ1v) is 6.73. The molecular weight excluding hydrogens is 244 g/mol. The highest BCUT2D eigenvalue weighted by molar-refractivity contribution is 6.19. The molecule has 1 N–H and O–H groups in total. The minimum Gasteiger partial charge on any atom is -0.481 e. The molecule has 4 rings (SSSR count). The topological polar surface area (TPSA) is 71.4 Å². The number of carbonyl (C=O) groups excluding carboxylic acids is 2. The van der Waals surface area contributed by atoms with Gasteiger partial charge in [0, 0.05) is 11.3 Å². The zero-order valence-electron chi connectivity index (χ0n) is 11.4. The molecule has 102 valence electrons. The quantitative estimate of drug-likeness (QED) is 0.578. The molecule has 0 aromatic carbocycles. The van der Waals surface area contributed by atoms with Gasteiger partial charge in [-0.05, 0) is 25.7 Å². The first-order valence-electron chi connectivity index (χ1n) is 6.73. The monoisotopic (exact) mass is 262 g/mol. The van der Waals surface area contributed by atoms with E-state index in [1.807, 2.05) is 20.8 Å². The summed E-state index contributed by atoms with van der Waals surface area (Å²) in [6.07, 6.45) is 3.12. The Morgan fingerprint density at radius 3 is 2.58 bits per heavy atom. The molecule has 2 fully saturated rings. The predicted molar refractivity (Wildman–Crippen MR) is 67.3 cm³/mol. The Kier molecular flexibility index (Phi) is 2.22. The van der Waals surface area contributed by atoms with E-state index in [2.05, 4.69) is 0 Å². The van der Waals surface area contributed by atoms with Crippen molar-refractivity contribution in [1.82, 2.24) is 0 Å². The van der Waals surface area contributed by atoms with Crippen LogP contribution in [0.5, 0.6) is 0 Å². The molecule has 0 aliphatic heterocycles. The molecule has 0 saturated heterocycles. The number of carboxylic acid groups (broad SMARTS) is 1. The fourth-order valence-electron chi connectivity index (χ4n) is 4.53. The summed E-state index contributed by atoms with van der Waals surface area (Å²) in [5, 5.41) is 9.32. The number of carbonyl (C=O) groups is 3. The van der Waals surface area contributed by atoms with Gasteiger partial charge in [-0.1, -0.05) is 25.5 Å². The molecule has 0 radical (unpaired) electrons. The van der Waals surface area contributed by atoms with Crippen LogP contribution in [0.3, 0.4) is 0 Å². The van der Waals surface area contributed by atoms with Crippen molar-refractivity contribution in [1.29, 1.82) is 0 Å². The lowest BCUT2D eigenvalue weighted by molar-refractivity contribution is -0.158. The van der Waals surface area contributed by atoms with Crippen molar-refractivity contribution >= 4 is 17.5 Å². The number of hydrogen-bond acceptors (Lipinski definition) is 3. The van der Waals surface area contributed by atoms with E-state index in [-0.39, 0.29) is 23.4 Å². The van der Waals surface area contributed by atoms with Gasteiger partial charge in [-0.2, -0.15) is 0 Å². The third-order valence-electron chi connectivity index (χ3n) is 5.33. The third-order valence-corrected chi connectivity index (χ3v) is 5.33. The highest BCUT2D eigenvalue weighted by Gasteiger charge is 2.68. The Bertz CT molecular complexity index is 542. The van der Waals surface area contributed by atoms with Crippen molar-refractivity contribution in [2.24, 2.45) is 28.6 Å². The third kappa shape index (κ3) is 1.27. The van der Waals surface area contributed by atoms with Gasteiger partial charge in [0.1, 0.15) is 11.3 Å². The van der Waals surface area contributed by atoms with Gasteiger partial charge in [-0.25, -0.2) is 0 Å². The fourth-order valence-corrected chi connectivity index (χ4v) is 4.53. The average molecular weight is 262 g/mol. The van der Waals surface area contributed by atoms with E-state index in [9.17, 15) is 19.5 Å². The van der Waals surface area contributed by atoms with Crippen LogP contribution in [0, 0.1) is 28.6 Å². The number of ketones is 2. The van der Waals surface area contributed by atoms with Gasteiger partial charge >= 0.3 is 5.97 Å². The van der Waals surface area contributed by atoms with Gasteiger partial charge in [-0.15, -0.1) is 0 Å². The molecule has 2 saturated carbocycles.